The average Bonchev–Trinajstić information content (AvgIpc) is 2.38. The predicted octanol–water partition coefficient (Wildman–Crippen LogP) is 1.78. The number of amides is 1. The Balaban J connectivity index is 2.22. The molecule has 0 aliphatic carbocycles. The zero-order chi connectivity index (χ0) is 13.0. The fourth-order valence-corrected chi connectivity index (χ4v) is 1.35. The number of carbonyl (C=O) groups excluding carboxylic acids is 1. The molecule has 1 amide bonds. The van der Waals surface area contributed by atoms with E-state index >= 15 is 0 Å². The number of halogens is 1. The minimum absolute atomic E-state index is 0.306. The van der Waals surface area contributed by atoms with Gasteiger partial charge in [-0.3, -0.25) is 4.79 Å². The van der Waals surface area contributed by atoms with Crippen molar-refractivity contribution in [3.63, 3.8) is 0 Å². The summed E-state index contributed by atoms with van der Waals surface area (Å²) >= 11 is 0. The molecule has 0 atom stereocenters. The van der Waals surface area contributed by atoms with Crippen molar-refractivity contribution in [3.8, 4) is 11.4 Å². The molecule has 0 saturated carbocycles. The second-order valence-electron chi connectivity index (χ2n) is 3.58. The lowest BCUT2D eigenvalue weighted by Gasteiger charge is -1.99. The van der Waals surface area contributed by atoms with Gasteiger partial charge >= 0.3 is 0 Å². The zero-order valence-corrected chi connectivity index (χ0v) is 9.38. The Morgan fingerprint density at radius 3 is 2.33 bits per heavy atom. The molecule has 0 unspecified atom stereocenters. The summed E-state index contributed by atoms with van der Waals surface area (Å²) in [7, 11) is 0. The molecule has 0 bridgehead atoms. The van der Waals surface area contributed by atoms with Crippen LogP contribution in [0.15, 0.2) is 42.7 Å². The first-order chi connectivity index (χ1) is 8.65. The Labute approximate surface area is 103 Å². The van der Waals surface area contributed by atoms with Crippen LogP contribution in [-0.2, 0) is 4.79 Å². The number of nitrogens with zero attached hydrogens (tertiary/aromatic N) is 2. The van der Waals surface area contributed by atoms with Crippen LogP contribution in [0.5, 0.6) is 0 Å². The summed E-state index contributed by atoms with van der Waals surface area (Å²) in [4.78, 5) is 18.8. The topological polar surface area (TPSA) is 68.9 Å². The van der Waals surface area contributed by atoms with E-state index in [2.05, 4.69) is 9.97 Å². The summed E-state index contributed by atoms with van der Waals surface area (Å²) in [5.74, 6) is -0.344. The van der Waals surface area contributed by atoms with Crippen LogP contribution in [0.25, 0.3) is 17.5 Å². The molecule has 5 heteroatoms. The van der Waals surface area contributed by atoms with E-state index in [9.17, 15) is 9.18 Å². The first-order valence-electron chi connectivity index (χ1n) is 5.20. The molecule has 18 heavy (non-hydrogen) atoms. The molecule has 0 radical (unpaired) electrons. The van der Waals surface area contributed by atoms with Gasteiger partial charge in [0.25, 0.3) is 0 Å². The van der Waals surface area contributed by atoms with Crippen LogP contribution in [0.1, 0.15) is 5.56 Å². The highest BCUT2D eigenvalue weighted by Gasteiger charge is 2.00. The first-order valence-corrected chi connectivity index (χ1v) is 5.20. The SMILES string of the molecule is NC(=O)C=Cc1cnc(-c2ccc(F)cc2)nc1. The Hall–Kier alpha value is -2.56. The largest absolute Gasteiger partial charge is 0.366 e. The molecule has 2 rings (SSSR count). The molecule has 2 aromatic rings. The third kappa shape index (κ3) is 2.98. The van der Waals surface area contributed by atoms with Crippen LogP contribution in [0.2, 0.25) is 0 Å². The molecule has 0 aliphatic rings. The van der Waals surface area contributed by atoms with Gasteiger partial charge in [0.1, 0.15) is 5.82 Å². The minimum Gasteiger partial charge on any atom is -0.366 e. The van der Waals surface area contributed by atoms with Crippen molar-refractivity contribution in [2.45, 2.75) is 0 Å². The number of carbonyl (C=O) groups is 1. The average molecular weight is 243 g/mol. The number of aromatic nitrogens is 2. The van der Waals surface area contributed by atoms with Gasteiger partial charge in [0.05, 0.1) is 0 Å². The maximum absolute atomic E-state index is 12.7. The van der Waals surface area contributed by atoms with Gasteiger partial charge < -0.3 is 5.73 Å². The van der Waals surface area contributed by atoms with Crippen molar-refractivity contribution in [3.05, 3.63) is 54.1 Å². The minimum atomic E-state index is -0.530. The molecule has 4 nitrogen and oxygen atoms in total. The summed E-state index contributed by atoms with van der Waals surface area (Å²) in [5, 5.41) is 0. The molecular formula is C13H10FN3O. The zero-order valence-electron chi connectivity index (χ0n) is 9.38. The van der Waals surface area contributed by atoms with E-state index in [4.69, 9.17) is 5.73 Å². The molecule has 0 saturated heterocycles. The van der Waals surface area contributed by atoms with Gasteiger partial charge in [-0.1, -0.05) is 0 Å². The van der Waals surface area contributed by atoms with Crippen molar-refractivity contribution in [1.82, 2.24) is 9.97 Å². The highest BCUT2D eigenvalue weighted by Crippen LogP contribution is 2.14. The molecule has 1 aromatic carbocycles. The van der Waals surface area contributed by atoms with E-state index in [1.807, 2.05) is 0 Å². The highest BCUT2D eigenvalue weighted by atomic mass is 19.1. The van der Waals surface area contributed by atoms with Gasteiger partial charge in [-0.2, -0.15) is 0 Å². The summed E-state index contributed by atoms with van der Waals surface area (Å²) in [6.07, 6.45) is 5.88. The molecule has 90 valence electrons. The molecular weight excluding hydrogens is 233 g/mol. The summed E-state index contributed by atoms with van der Waals surface area (Å²) in [5.41, 5.74) is 6.36. The van der Waals surface area contributed by atoms with E-state index in [0.29, 0.717) is 11.4 Å². The lowest BCUT2D eigenvalue weighted by molar-refractivity contribution is -0.113. The van der Waals surface area contributed by atoms with Crippen molar-refractivity contribution in [2.75, 3.05) is 0 Å². The first kappa shape index (κ1) is 11.9. The predicted molar refractivity (Wildman–Crippen MR) is 65.7 cm³/mol. The molecule has 0 spiro atoms. The quantitative estimate of drug-likeness (QED) is 0.835. The second kappa shape index (κ2) is 5.18. The van der Waals surface area contributed by atoms with E-state index < -0.39 is 5.91 Å². The molecule has 1 heterocycles. The number of primary amides is 1. The van der Waals surface area contributed by atoms with E-state index in [1.165, 1.54) is 24.3 Å². The van der Waals surface area contributed by atoms with E-state index in [0.717, 1.165) is 5.56 Å². The fraction of sp³-hybridized carbons (Fsp3) is 0. The van der Waals surface area contributed by atoms with Crippen molar-refractivity contribution in [2.24, 2.45) is 5.73 Å². The maximum Gasteiger partial charge on any atom is 0.241 e. The standard InChI is InChI=1S/C13H10FN3O/c14-11-4-2-10(3-5-11)13-16-7-9(8-17-13)1-6-12(15)18/h1-8H,(H2,15,18). The Kier molecular flexibility index (Phi) is 3.43. The number of benzene rings is 1. The summed E-state index contributed by atoms with van der Waals surface area (Å²) in [6, 6.07) is 5.90. The monoisotopic (exact) mass is 243 g/mol. The number of nitrogens with two attached hydrogens (primary N) is 1. The van der Waals surface area contributed by atoms with Gasteiger partial charge in [0.15, 0.2) is 5.82 Å². The van der Waals surface area contributed by atoms with Gasteiger partial charge in [0, 0.05) is 29.6 Å². The Bertz CT molecular complexity index is 576. The number of hydrogen-bond acceptors (Lipinski definition) is 3. The van der Waals surface area contributed by atoms with E-state index in [1.54, 1.807) is 24.5 Å². The van der Waals surface area contributed by atoms with Gasteiger partial charge in [-0.25, -0.2) is 14.4 Å². The molecule has 1 aromatic heterocycles. The summed E-state index contributed by atoms with van der Waals surface area (Å²) in [6.45, 7) is 0. The normalized spacial score (nSPS) is 10.7. The highest BCUT2D eigenvalue weighted by molar-refractivity contribution is 5.90. The number of rotatable bonds is 3. The van der Waals surface area contributed by atoms with Crippen molar-refractivity contribution < 1.29 is 9.18 Å². The molecule has 0 fully saturated rings. The third-order valence-corrected chi connectivity index (χ3v) is 2.21. The van der Waals surface area contributed by atoms with Crippen LogP contribution < -0.4 is 5.73 Å². The van der Waals surface area contributed by atoms with Crippen LogP contribution in [-0.4, -0.2) is 15.9 Å². The molecule has 0 aliphatic heterocycles. The summed E-state index contributed by atoms with van der Waals surface area (Å²) < 4.78 is 12.7. The lowest BCUT2D eigenvalue weighted by atomic mass is 10.2. The van der Waals surface area contributed by atoms with Crippen LogP contribution >= 0.6 is 0 Å². The Morgan fingerprint density at radius 2 is 1.78 bits per heavy atom. The number of hydrogen-bond donors (Lipinski definition) is 1. The van der Waals surface area contributed by atoms with E-state index in [-0.39, 0.29) is 5.82 Å². The van der Waals surface area contributed by atoms with Crippen LogP contribution in [0.3, 0.4) is 0 Å². The van der Waals surface area contributed by atoms with Crippen molar-refractivity contribution in [1.29, 1.82) is 0 Å². The van der Waals surface area contributed by atoms with Crippen molar-refractivity contribution >= 4 is 12.0 Å². The second-order valence-corrected chi connectivity index (χ2v) is 3.58. The fourth-order valence-electron chi connectivity index (χ4n) is 1.35. The van der Waals surface area contributed by atoms with Gasteiger partial charge in [0.2, 0.25) is 5.91 Å². The van der Waals surface area contributed by atoms with Gasteiger partial charge in [-0.15, -0.1) is 0 Å². The van der Waals surface area contributed by atoms with Crippen LogP contribution in [0, 0.1) is 5.82 Å². The van der Waals surface area contributed by atoms with Gasteiger partial charge in [-0.05, 0) is 30.3 Å². The maximum atomic E-state index is 12.7. The third-order valence-electron chi connectivity index (χ3n) is 2.21. The lowest BCUT2D eigenvalue weighted by Crippen LogP contribution is -2.05. The Morgan fingerprint density at radius 1 is 1.17 bits per heavy atom. The molecule has 2 N–H and O–H groups in total. The smallest absolute Gasteiger partial charge is 0.241 e. The van der Waals surface area contributed by atoms with Crippen LogP contribution in [0.4, 0.5) is 4.39 Å².